The van der Waals surface area contributed by atoms with Gasteiger partial charge in [0.05, 0.1) is 11.3 Å². The van der Waals surface area contributed by atoms with Gasteiger partial charge >= 0.3 is 0 Å². The zero-order valence-corrected chi connectivity index (χ0v) is 13.7. The molecule has 2 heterocycles. The highest BCUT2D eigenvalue weighted by atomic mass is 16.6. The molecule has 5 nitrogen and oxygen atoms in total. The molecule has 0 saturated carbocycles. The number of carbonyl (C=O) groups is 1. The molecule has 3 N–H and O–H groups in total. The second-order valence-corrected chi connectivity index (χ2v) is 6.10. The number of amides is 1. The summed E-state index contributed by atoms with van der Waals surface area (Å²) in [6, 6.07) is 12.1. The van der Waals surface area contributed by atoms with Crippen molar-refractivity contribution in [3.63, 3.8) is 0 Å². The molecule has 0 spiro atoms. The summed E-state index contributed by atoms with van der Waals surface area (Å²) in [5.41, 5.74) is 9.72. The maximum atomic E-state index is 12.2. The molecule has 1 aliphatic heterocycles. The second-order valence-electron chi connectivity index (χ2n) is 6.10. The lowest BCUT2D eigenvalue weighted by Crippen LogP contribution is -2.21. The van der Waals surface area contributed by atoms with Crippen molar-refractivity contribution in [3.8, 4) is 11.3 Å². The van der Waals surface area contributed by atoms with Gasteiger partial charge in [-0.25, -0.2) is 5.48 Å². The maximum Gasteiger partial charge on any atom is 0.275 e. The summed E-state index contributed by atoms with van der Waals surface area (Å²) in [5, 5.41) is 4.13. The Balaban J connectivity index is 1.91. The molecule has 1 amide bonds. The molecule has 1 aliphatic rings. The smallest absolute Gasteiger partial charge is 0.275 e. The molecule has 4 rings (SSSR count). The molecule has 0 saturated heterocycles. The van der Waals surface area contributed by atoms with Crippen molar-refractivity contribution in [3.05, 3.63) is 58.7 Å². The van der Waals surface area contributed by atoms with Gasteiger partial charge in [-0.15, -0.1) is 0 Å². The Morgan fingerprint density at radius 2 is 2.12 bits per heavy atom. The van der Waals surface area contributed by atoms with Gasteiger partial charge in [0.15, 0.2) is 0 Å². The van der Waals surface area contributed by atoms with Gasteiger partial charge in [-0.2, -0.15) is 0 Å². The Morgan fingerprint density at radius 1 is 1.25 bits per heavy atom. The predicted molar refractivity (Wildman–Crippen MR) is 93.5 cm³/mol. The number of aryl methyl sites for hydroxylation is 1. The van der Waals surface area contributed by atoms with Gasteiger partial charge in [-0.3, -0.25) is 9.63 Å². The molecule has 0 radical (unpaired) electrons. The van der Waals surface area contributed by atoms with Gasteiger partial charge in [0.1, 0.15) is 6.61 Å². The third kappa shape index (κ3) is 2.29. The first kappa shape index (κ1) is 14.9. The van der Waals surface area contributed by atoms with Crippen LogP contribution in [0.5, 0.6) is 0 Å². The molecular formula is C19H19N3O2. The summed E-state index contributed by atoms with van der Waals surface area (Å²) in [6.07, 6.45) is 0. The van der Waals surface area contributed by atoms with E-state index in [9.17, 15) is 4.79 Å². The van der Waals surface area contributed by atoms with Crippen LogP contribution in [0, 0.1) is 6.92 Å². The summed E-state index contributed by atoms with van der Waals surface area (Å²) in [5.74, 6) is -0.203. The third-order valence-corrected chi connectivity index (χ3v) is 4.55. The van der Waals surface area contributed by atoms with E-state index in [-0.39, 0.29) is 5.91 Å². The fourth-order valence-corrected chi connectivity index (χ4v) is 3.37. The van der Waals surface area contributed by atoms with E-state index in [1.807, 2.05) is 25.2 Å². The summed E-state index contributed by atoms with van der Waals surface area (Å²) in [6.45, 7) is 3.30. The average molecular weight is 321 g/mol. The first-order valence-corrected chi connectivity index (χ1v) is 7.99. The van der Waals surface area contributed by atoms with E-state index in [1.54, 1.807) is 0 Å². The Hall–Kier alpha value is -2.63. The Bertz CT molecular complexity index is 943. The van der Waals surface area contributed by atoms with Crippen molar-refractivity contribution < 1.29 is 9.63 Å². The van der Waals surface area contributed by atoms with Crippen molar-refractivity contribution in [2.75, 3.05) is 7.05 Å². The van der Waals surface area contributed by atoms with Crippen LogP contribution in [0.4, 0.5) is 0 Å². The molecule has 3 aromatic rings. The van der Waals surface area contributed by atoms with Crippen LogP contribution in [0.3, 0.4) is 0 Å². The molecular weight excluding hydrogens is 302 g/mol. The molecule has 24 heavy (non-hydrogen) atoms. The lowest BCUT2D eigenvalue weighted by atomic mass is 9.99. The number of hydroxylamine groups is 1. The summed E-state index contributed by atoms with van der Waals surface area (Å²) in [7, 11) is 1.95. The van der Waals surface area contributed by atoms with Crippen LogP contribution in [0.1, 0.15) is 27.0 Å². The molecule has 0 fully saturated rings. The Morgan fingerprint density at radius 3 is 2.92 bits per heavy atom. The maximum absolute atomic E-state index is 12.2. The number of carbonyl (C=O) groups excluding carboxylic acids is 1. The predicted octanol–water partition coefficient (Wildman–Crippen LogP) is 3.04. The van der Waals surface area contributed by atoms with Gasteiger partial charge in [0.25, 0.3) is 5.91 Å². The fourth-order valence-electron chi connectivity index (χ4n) is 3.37. The minimum absolute atomic E-state index is 0.203. The molecule has 0 unspecified atom stereocenters. The van der Waals surface area contributed by atoms with E-state index < -0.39 is 0 Å². The van der Waals surface area contributed by atoms with E-state index in [1.165, 1.54) is 11.1 Å². The zero-order valence-electron chi connectivity index (χ0n) is 13.7. The highest BCUT2D eigenvalue weighted by Crippen LogP contribution is 2.34. The van der Waals surface area contributed by atoms with Crippen molar-refractivity contribution in [1.82, 2.24) is 15.8 Å². The van der Waals surface area contributed by atoms with Crippen LogP contribution < -0.4 is 10.8 Å². The lowest BCUT2D eigenvalue weighted by molar-refractivity contribution is 0.0256. The summed E-state index contributed by atoms with van der Waals surface area (Å²) < 4.78 is 0. The summed E-state index contributed by atoms with van der Waals surface area (Å²) >= 11 is 0. The van der Waals surface area contributed by atoms with Crippen LogP contribution in [0.2, 0.25) is 0 Å². The SMILES string of the molecule is CNCc1ccc(-c2[nH]c3cccc4c3c2CONC4=O)cc1C. The van der Waals surface area contributed by atoms with Crippen LogP contribution in [0.25, 0.3) is 22.2 Å². The van der Waals surface area contributed by atoms with Crippen molar-refractivity contribution >= 4 is 16.8 Å². The molecule has 0 aliphatic carbocycles. The van der Waals surface area contributed by atoms with E-state index in [4.69, 9.17) is 4.84 Å². The minimum atomic E-state index is -0.203. The van der Waals surface area contributed by atoms with E-state index in [0.717, 1.165) is 34.3 Å². The van der Waals surface area contributed by atoms with E-state index >= 15 is 0 Å². The first-order chi connectivity index (χ1) is 11.7. The average Bonchev–Trinajstić information content (AvgIpc) is 2.86. The Labute approximate surface area is 140 Å². The lowest BCUT2D eigenvalue weighted by Gasteiger charge is -2.09. The van der Waals surface area contributed by atoms with Crippen molar-refractivity contribution in [2.24, 2.45) is 0 Å². The van der Waals surface area contributed by atoms with E-state index in [0.29, 0.717) is 12.2 Å². The Kier molecular flexibility index (Phi) is 3.59. The van der Waals surface area contributed by atoms with Gasteiger partial charge in [0, 0.05) is 23.0 Å². The van der Waals surface area contributed by atoms with Crippen LogP contribution >= 0.6 is 0 Å². The fraction of sp³-hybridized carbons (Fsp3) is 0.211. The quantitative estimate of drug-likeness (QED) is 0.695. The van der Waals surface area contributed by atoms with Crippen LogP contribution in [-0.2, 0) is 18.0 Å². The zero-order chi connectivity index (χ0) is 16.7. The van der Waals surface area contributed by atoms with Crippen LogP contribution in [-0.4, -0.2) is 17.9 Å². The number of aromatic amines is 1. The van der Waals surface area contributed by atoms with Crippen molar-refractivity contribution in [2.45, 2.75) is 20.1 Å². The largest absolute Gasteiger partial charge is 0.354 e. The summed E-state index contributed by atoms with van der Waals surface area (Å²) in [4.78, 5) is 21.0. The third-order valence-electron chi connectivity index (χ3n) is 4.55. The topological polar surface area (TPSA) is 66.2 Å². The highest BCUT2D eigenvalue weighted by molar-refractivity contribution is 6.09. The normalized spacial score (nSPS) is 13.8. The number of aromatic nitrogens is 1. The number of rotatable bonds is 3. The molecule has 2 aromatic carbocycles. The molecule has 0 bridgehead atoms. The van der Waals surface area contributed by atoms with E-state index in [2.05, 4.69) is 40.9 Å². The van der Waals surface area contributed by atoms with Gasteiger partial charge in [-0.1, -0.05) is 18.2 Å². The molecule has 1 aromatic heterocycles. The number of benzene rings is 2. The number of hydrogen-bond donors (Lipinski definition) is 3. The first-order valence-electron chi connectivity index (χ1n) is 7.99. The van der Waals surface area contributed by atoms with Gasteiger partial charge in [-0.05, 0) is 48.9 Å². The number of hydrogen-bond acceptors (Lipinski definition) is 3. The number of H-pyrrole nitrogens is 1. The van der Waals surface area contributed by atoms with Gasteiger partial charge < -0.3 is 10.3 Å². The second kappa shape index (κ2) is 5.78. The molecule has 122 valence electrons. The standard InChI is InChI=1S/C19H19N3O2/c1-11-8-12(6-7-13(11)9-20-2)18-15-10-24-22-19(23)14-4-3-5-16(21-18)17(14)15/h3-8,20-21H,9-10H2,1-2H3,(H,22,23). The molecule has 0 atom stereocenters. The van der Waals surface area contributed by atoms with Crippen LogP contribution in [0.15, 0.2) is 36.4 Å². The molecule has 5 heteroatoms. The monoisotopic (exact) mass is 321 g/mol. The minimum Gasteiger partial charge on any atom is -0.354 e. The van der Waals surface area contributed by atoms with Crippen molar-refractivity contribution in [1.29, 1.82) is 0 Å². The highest BCUT2D eigenvalue weighted by Gasteiger charge is 2.22. The van der Waals surface area contributed by atoms with Gasteiger partial charge in [0.2, 0.25) is 0 Å². The number of nitrogens with one attached hydrogen (secondary N) is 3.